The van der Waals surface area contributed by atoms with Crippen molar-refractivity contribution in [2.24, 2.45) is 0 Å². The van der Waals surface area contributed by atoms with Crippen molar-refractivity contribution in [1.82, 2.24) is 19.9 Å². The van der Waals surface area contributed by atoms with E-state index in [2.05, 4.69) is 26.8 Å². The summed E-state index contributed by atoms with van der Waals surface area (Å²) in [6.07, 6.45) is 5.64. The van der Waals surface area contributed by atoms with Crippen molar-refractivity contribution >= 4 is 0 Å². The highest BCUT2D eigenvalue weighted by atomic mass is 15.1. The van der Waals surface area contributed by atoms with Gasteiger partial charge in [-0.25, -0.2) is 4.98 Å². The SMILES string of the molecule is CCn1ccnc1CNCc1ccccn1. The van der Waals surface area contributed by atoms with Gasteiger partial charge >= 0.3 is 0 Å². The topological polar surface area (TPSA) is 42.7 Å². The van der Waals surface area contributed by atoms with Crippen LogP contribution in [0.15, 0.2) is 36.8 Å². The molecule has 0 unspecified atom stereocenters. The van der Waals surface area contributed by atoms with E-state index in [9.17, 15) is 0 Å². The zero-order chi connectivity index (χ0) is 11.2. The number of aryl methyl sites for hydroxylation is 1. The first-order valence-corrected chi connectivity index (χ1v) is 5.50. The Morgan fingerprint density at radius 2 is 2.12 bits per heavy atom. The molecule has 0 aromatic carbocycles. The summed E-state index contributed by atoms with van der Waals surface area (Å²) in [4.78, 5) is 8.55. The normalized spacial score (nSPS) is 10.6. The average Bonchev–Trinajstić information content (AvgIpc) is 2.78. The smallest absolute Gasteiger partial charge is 0.122 e. The summed E-state index contributed by atoms with van der Waals surface area (Å²) in [5, 5.41) is 3.33. The average molecular weight is 216 g/mol. The van der Waals surface area contributed by atoms with Gasteiger partial charge in [0.1, 0.15) is 5.82 Å². The highest BCUT2D eigenvalue weighted by Gasteiger charge is 2.00. The maximum absolute atomic E-state index is 4.30. The van der Waals surface area contributed by atoms with E-state index in [-0.39, 0.29) is 0 Å². The van der Waals surface area contributed by atoms with Gasteiger partial charge in [0.2, 0.25) is 0 Å². The molecule has 0 radical (unpaired) electrons. The standard InChI is InChI=1S/C12H16N4/c1-2-16-8-7-15-12(16)10-13-9-11-5-3-4-6-14-11/h3-8,13H,2,9-10H2,1H3. The van der Waals surface area contributed by atoms with E-state index in [0.29, 0.717) is 0 Å². The highest BCUT2D eigenvalue weighted by molar-refractivity contribution is 5.03. The fourth-order valence-electron chi connectivity index (χ4n) is 1.60. The molecule has 2 heterocycles. The molecule has 16 heavy (non-hydrogen) atoms. The summed E-state index contributed by atoms with van der Waals surface area (Å²) in [5.41, 5.74) is 1.05. The minimum absolute atomic E-state index is 0.775. The van der Waals surface area contributed by atoms with Gasteiger partial charge in [0, 0.05) is 31.7 Å². The monoisotopic (exact) mass is 216 g/mol. The van der Waals surface area contributed by atoms with Gasteiger partial charge in [0.25, 0.3) is 0 Å². The van der Waals surface area contributed by atoms with E-state index < -0.39 is 0 Å². The molecule has 0 aliphatic carbocycles. The molecule has 0 saturated heterocycles. The molecular formula is C12H16N4. The van der Waals surface area contributed by atoms with Gasteiger partial charge in [0.15, 0.2) is 0 Å². The highest BCUT2D eigenvalue weighted by Crippen LogP contribution is 1.98. The molecule has 0 aliphatic rings. The quantitative estimate of drug-likeness (QED) is 0.825. The number of imidazole rings is 1. The Hall–Kier alpha value is -1.68. The van der Waals surface area contributed by atoms with Gasteiger partial charge in [0.05, 0.1) is 12.2 Å². The second-order valence-electron chi connectivity index (χ2n) is 3.55. The molecule has 0 atom stereocenters. The molecule has 0 aliphatic heterocycles. The van der Waals surface area contributed by atoms with Gasteiger partial charge in [-0.2, -0.15) is 0 Å². The lowest BCUT2D eigenvalue weighted by atomic mass is 10.3. The van der Waals surface area contributed by atoms with E-state index in [1.54, 1.807) is 0 Å². The first-order chi connectivity index (χ1) is 7.90. The third-order valence-electron chi connectivity index (χ3n) is 2.46. The fourth-order valence-corrected chi connectivity index (χ4v) is 1.60. The number of nitrogens with zero attached hydrogens (tertiary/aromatic N) is 3. The van der Waals surface area contributed by atoms with E-state index in [1.165, 1.54) is 0 Å². The number of rotatable bonds is 5. The molecule has 0 amide bonds. The van der Waals surface area contributed by atoms with Crippen LogP contribution >= 0.6 is 0 Å². The zero-order valence-electron chi connectivity index (χ0n) is 9.43. The van der Waals surface area contributed by atoms with E-state index >= 15 is 0 Å². The number of aromatic nitrogens is 3. The molecule has 4 heteroatoms. The van der Waals surface area contributed by atoms with Gasteiger partial charge < -0.3 is 9.88 Å². The molecule has 0 spiro atoms. The van der Waals surface area contributed by atoms with Crippen LogP contribution in [0, 0.1) is 0 Å². The first-order valence-electron chi connectivity index (χ1n) is 5.50. The van der Waals surface area contributed by atoms with Gasteiger partial charge in [-0.3, -0.25) is 4.98 Å². The van der Waals surface area contributed by atoms with Crippen LogP contribution in [0.2, 0.25) is 0 Å². The van der Waals surface area contributed by atoms with Gasteiger partial charge in [-0.05, 0) is 19.1 Å². The summed E-state index contributed by atoms with van der Waals surface area (Å²) >= 11 is 0. The second kappa shape index (κ2) is 5.42. The number of hydrogen-bond acceptors (Lipinski definition) is 3. The van der Waals surface area contributed by atoms with Crippen molar-refractivity contribution in [3.8, 4) is 0 Å². The lowest BCUT2D eigenvalue weighted by Gasteiger charge is -2.06. The van der Waals surface area contributed by atoms with Crippen LogP contribution < -0.4 is 5.32 Å². The second-order valence-corrected chi connectivity index (χ2v) is 3.55. The summed E-state index contributed by atoms with van der Waals surface area (Å²) < 4.78 is 2.13. The minimum atomic E-state index is 0.775. The number of hydrogen-bond donors (Lipinski definition) is 1. The van der Waals surface area contributed by atoms with Crippen LogP contribution in [0.25, 0.3) is 0 Å². The lowest BCUT2D eigenvalue weighted by molar-refractivity contribution is 0.607. The largest absolute Gasteiger partial charge is 0.334 e. The zero-order valence-corrected chi connectivity index (χ0v) is 9.43. The molecule has 0 fully saturated rings. The van der Waals surface area contributed by atoms with E-state index in [4.69, 9.17) is 0 Å². The maximum Gasteiger partial charge on any atom is 0.122 e. The van der Waals surface area contributed by atoms with Gasteiger partial charge in [-0.15, -0.1) is 0 Å². The Bertz CT molecular complexity index is 422. The molecule has 1 N–H and O–H groups in total. The van der Waals surface area contributed by atoms with Crippen LogP contribution in [0.4, 0.5) is 0 Å². The van der Waals surface area contributed by atoms with Crippen LogP contribution in [0.3, 0.4) is 0 Å². The van der Waals surface area contributed by atoms with Crippen LogP contribution in [0.5, 0.6) is 0 Å². The Morgan fingerprint density at radius 3 is 2.88 bits per heavy atom. The van der Waals surface area contributed by atoms with Gasteiger partial charge in [-0.1, -0.05) is 6.07 Å². The Morgan fingerprint density at radius 1 is 1.19 bits per heavy atom. The van der Waals surface area contributed by atoms with Crippen LogP contribution in [-0.4, -0.2) is 14.5 Å². The molecule has 2 rings (SSSR count). The Kier molecular flexibility index (Phi) is 3.66. The number of nitrogens with one attached hydrogen (secondary N) is 1. The van der Waals surface area contributed by atoms with Crippen molar-refractivity contribution in [2.45, 2.75) is 26.6 Å². The van der Waals surface area contributed by atoms with Crippen molar-refractivity contribution in [3.05, 3.63) is 48.3 Å². The van der Waals surface area contributed by atoms with Crippen molar-refractivity contribution in [2.75, 3.05) is 0 Å². The predicted octanol–water partition coefficient (Wildman–Crippen LogP) is 1.59. The van der Waals surface area contributed by atoms with E-state index in [1.807, 2.05) is 36.8 Å². The molecule has 4 nitrogen and oxygen atoms in total. The number of pyridine rings is 1. The van der Waals surface area contributed by atoms with Crippen molar-refractivity contribution in [1.29, 1.82) is 0 Å². The maximum atomic E-state index is 4.30. The predicted molar refractivity (Wildman–Crippen MR) is 62.7 cm³/mol. The summed E-state index contributed by atoms with van der Waals surface area (Å²) in [6, 6.07) is 5.93. The summed E-state index contributed by atoms with van der Waals surface area (Å²) in [7, 11) is 0. The first kappa shape index (κ1) is 10.8. The molecule has 0 saturated carbocycles. The van der Waals surface area contributed by atoms with Crippen LogP contribution in [0.1, 0.15) is 18.4 Å². The molecule has 0 bridgehead atoms. The third-order valence-corrected chi connectivity index (χ3v) is 2.46. The molecule has 2 aromatic rings. The fraction of sp³-hybridized carbons (Fsp3) is 0.333. The lowest BCUT2D eigenvalue weighted by Crippen LogP contribution is -2.16. The summed E-state index contributed by atoms with van der Waals surface area (Å²) in [5.74, 6) is 1.07. The molecule has 84 valence electrons. The Labute approximate surface area is 95.4 Å². The van der Waals surface area contributed by atoms with Crippen molar-refractivity contribution in [3.63, 3.8) is 0 Å². The molecular weight excluding hydrogens is 200 g/mol. The van der Waals surface area contributed by atoms with Crippen LogP contribution in [-0.2, 0) is 19.6 Å². The Balaban J connectivity index is 1.85. The third kappa shape index (κ3) is 2.67. The minimum Gasteiger partial charge on any atom is -0.334 e. The van der Waals surface area contributed by atoms with Crippen molar-refractivity contribution < 1.29 is 0 Å². The molecule has 2 aromatic heterocycles. The van der Waals surface area contributed by atoms with E-state index in [0.717, 1.165) is 31.2 Å². The summed E-state index contributed by atoms with van der Waals surface area (Å²) in [6.45, 7) is 4.62.